The van der Waals surface area contributed by atoms with Crippen molar-refractivity contribution >= 4 is 33.4 Å². The second-order valence-electron chi connectivity index (χ2n) is 6.38. The predicted molar refractivity (Wildman–Crippen MR) is 115 cm³/mol. The van der Waals surface area contributed by atoms with Crippen LogP contribution < -0.4 is 19.5 Å². The average molecular weight is 465 g/mol. The van der Waals surface area contributed by atoms with Crippen molar-refractivity contribution in [2.75, 3.05) is 40.2 Å². The van der Waals surface area contributed by atoms with E-state index in [0.717, 1.165) is 10.2 Å². The number of hydrogen-bond donors (Lipinski definition) is 1. The molecular formula is C21H25BrN2O5. The van der Waals surface area contributed by atoms with E-state index in [0.29, 0.717) is 35.8 Å². The number of methoxy groups -OCH3 is 2. The van der Waals surface area contributed by atoms with Gasteiger partial charge in [0.25, 0.3) is 5.91 Å². The molecule has 2 aromatic rings. The SMILES string of the molecule is COc1cc(NC(=O)CCCOc2ccccc2Br)c(C(=O)N(C)C)cc1OC. The van der Waals surface area contributed by atoms with Crippen LogP contribution in [0.3, 0.4) is 0 Å². The van der Waals surface area contributed by atoms with Crippen LogP contribution in [0.1, 0.15) is 23.2 Å². The molecule has 0 saturated carbocycles. The van der Waals surface area contributed by atoms with Crippen LogP contribution in [0.25, 0.3) is 0 Å². The molecule has 2 amide bonds. The van der Waals surface area contributed by atoms with Crippen molar-refractivity contribution in [3.05, 3.63) is 46.4 Å². The van der Waals surface area contributed by atoms with Crippen molar-refractivity contribution in [2.24, 2.45) is 0 Å². The van der Waals surface area contributed by atoms with E-state index in [9.17, 15) is 9.59 Å². The van der Waals surface area contributed by atoms with E-state index >= 15 is 0 Å². The van der Waals surface area contributed by atoms with Gasteiger partial charge in [-0.05, 0) is 40.5 Å². The summed E-state index contributed by atoms with van der Waals surface area (Å²) in [6, 6.07) is 10.7. The highest BCUT2D eigenvalue weighted by Crippen LogP contribution is 2.34. The Hall–Kier alpha value is -2.74. The zero-order valence-corrected chi connectivity index (χ0v) is 18.5. The molecule has 8 heteroatoms. The Bertz CT molecular complexity index is 870. The largest absolute Gasteiger partial charge is 0.493 e. The van der Waals surface area contributed by atoms with Gasteiger partial charge in [-0.1, -0.05) is 12.1 Å². The summed E-state index contributed by atoms with van der Waals surface area (Å²) in [5.41, 5.74) is 0.698. The molecule has 1 N–H and O–H groups in total. The molecule has 0 atom stereocenters. The topological polar surface area (TPSA) is 77.1 Å². The van der Waals surface area contributed by atoms with Crippen LogP contribution >= 0.6 is 15.9 Å². The third-order valence-corrected chi connectivity index (χ3v) is 4.73. The number of para-hydroxylation sites is 1. The second kappa shape index (κ2) is 10.7. The fraction of sp³-hybridized carbons (Fsp3) is 0.333. The van der Waals surface area contributed by atoms with Gasteiger partial charge in [0.05, 0.1) is 36.6 Å². The zero-order valence-electron chi connectivity index (χ0n) is 17.0. The molecule has 29 heavy (non-hydrogen) atoms. The molecular weight excluding hydrogens is 440 g/mol. The van der Waals surface area contributed by atoms with Crippen LogP contribution in [-0.2, 0) is 4.79 Å². The summed E-state index contributed by atoms with van der Waals surface area (Å²) in [6.45, 7) is 0.394. The fourth-order valence-electron chi connectivity index (χ4n) is 2.59. The molecule has 0 saturated heterocycles. The number of nitrogens with zero attached hydrogens (tertiary/aromatic N) is 1. The minimum absolute atomic E-state index is 0.222. The van der Waals surface area contributed by atoms with Crippen molar-refractivity contribution in [3.63, 3.8) is 0 Å². The molecule has 0 aliphatic heterocycles. The Morgan fingerprint density at radius 3 is 2.31 bits per heavy atom. The molecule has 0 aromatic heterocycles. The molecule has 7 nitrogen and oxygen atoms in total. The highest BCUT2D eigenvalue weighted by atomic mass is 79.9. The lowest BCUT2D eigenvalue weighted by Gasteiger charge is -2.18. The van der Waals surface area contributed by atoms with Gasteiger partial charge < -0.3 is 24.4 Å². The van der Waals surface area contributed by atoms with E-state index in [4.69, 9.17) is 14.2 Å². The number of halogens is 1. The number of ether oxygens (including phenoxy) is 3. The summed E-state index contributed by atoms with van der Waals surface area (Å²) in [6.07, 6.45) is 0.770. The first-order chi connectivity index (χ1) is 13.9. The summed E-state index contributed by atoms with van der Waals surface area (Å²) in [4.78, 5) is 26.4. The van der Waals surface area contributed by atoms with Crippen molar-refractivity contribution in [1.29, 1.82) is 0 Å². The molecule has 0 radical (unpaired) electrons. The Morgan fingerprint density at radius 1 is 1.03 bits per heavy atom. The van der Waals surface area contributed by atoms with Gasteiger partial charge >= 0.3 is 0 Å². The molecule has 2 rings (SSSR count). The number of nitrogens with one attached hydrogen (secondary N) is 1. The lowest BCUT2D eigenvalue weighted by molar-refractivity contribution is -0.116. The first-order valence-corrected chi connectivity index (χ1v) is 9.81. The number of carbonyl (C=O) groups excluding carboxylic acids is 2. The lowest BCUT2D eigenvalue weighted by atomic mass is 10.1. The molecule has 0 heterocycles. The minimum Gasteiger partial charge on any atom is -0.493 e. The smallest absolute Gasteiger partial charge is 0.255 e. The van der Waals surface area contributed by atoms with Gasteiger partial charge in [-0.3, -0.25) is 9.59 Å². The summed E-state index contributed by atoms with van der Waals surface area (Å²) in [5, 5.41) is 2.80. The van der Waals surface area contributed by atoms with Gasteiger partial charge in [0.1, 0.15) is 5.75 Å². The average Bonchev–Trinajstić information content (AvgIpc) is 2.71. The number of benzene rings is 2. The minimum atomic E-state index is -0.251. The number of rotatable bonds is 9. The number of anilines is 1. The van der Waals surface area contributed by atoms with Crippen LogP contribution in [0.15, 0.2) is 40.9 Å². The highest BCUT2D eigenvalue weighted by Gasteiger charge is 2.19. The van der Waals surface area contributed by atoms with Crippen molar-refractivity contribution in [1.82, 2.24) is 4.90 Å². The lowest BCUT2D eigenvalue weighted by Crippen LogP contribution is -2.24. The van der Waals surface area contributed by atoms with E-state index in [2.05, 4.69) is 21.2 Å². The van der Waals surface area contributed by atoms with Gasteiger partial charge in [-0.25, -0.2) is 0 Å². The molecule has 0 aliphatic carbocycles. The van der Waals surface area contributed by atoms with Crippen LogP contribution in [-0.4, -0.2) is 51.6 Å². The van der Waals surface area contributed by atoms with E-state index in [1.54, 1.807) is 26.2 Å². The van der Waals surface area contributed by atoms with E-state index in [1.165, 1.54) is 19.1 Å². The highest BCUT2D eigenvalue weighted by molar-refractivity contribution is 9.10. The predicted octanol–water partition coefficient (Wildman–Crippen LogP) is 3.97. The van der Waals surface area contributed by atoms with Gasteiger partial charge in [-0.15, -0.1) is 0 Å². The van der Waals surface area contributed by atoms with Gasteiger partial charge in [-0.2, -0.15) is 0 Å². The fourth-order valence-corrected chi connectivity index (χ4v) is 2.99. The maximum absolute atomic E-state index is 12.5. The molecule has 0 spiro atoms. The Kier molecular flexibility index (Phi) is 8.33. The first kappa shape index (κ1) is 22.5. The van der Waals surface area contributed by atoms with E-state index in [1.807, 2.05) is 24.3 Å². The molecule has 0 aliphatic rings. The van der Waals surface area contributed by atoms with E-state index < -0.39 is 0 Å². The Morgan fingerprint density at radius 2 is 1.69 bits per heavy atom. The van der Waals surface area contributed by atoms with Crippen molar-refractivity contribution < 1.29 is 23.8 Å². The van der Waals surface area contributed by atoms with Crippen LogP contribution in [0.5, 0.6) is 17.2 Å². The monoisotopic (exact) mass is 464 g/mol. The molecule has 156 valence electrons. The summed E-state index contributed by atoms with van der Waals surface area (Å²) >= 11 is 3.42. The maximum atomic E-state index is 12.5. The number of amides is 2. The van der Waals surface area contributed by atoms with Gasteiger partial charge in [0.2, 0.25) is 5.91 Å². The zero-order chi connectivity index (χ0) is 21.4. The second-order valence-corrected chi connectivity index (χ2v) is 7.24. The van der Waals surface area contributed by atoms with Crippen molar-refractivity contribution in [2.45, 2.75) is 12.8 Å². The molecule has 2 aromatic carbocycles. The Labute approximate surface area is 179 Å². The summed E-state index contributed by atoms with van der Waals surface area (Å²) < 4.78 is 17.1. The van der Waals surface area contributed by atoms with E-state index in [-0.39, 0.29) is 18.2 Å². The van der Waals surface area contributed by atoms with Crippen molar-refractivity contribution in [3.8, 4) is 17.2 Å². The molecule has 0 unspecified atom stereocenters. The van der Waals surface area contributed by atoms with Crippen LogP contribution in [0, 0.1) is 0 Å². The maximum Gasteiger partial charge on any atom is 0.255 e. The molecule has 0 bridgehead atoms. The summed E-state index contributed by atoms with van der Waals surface area (Å²) in [5.74, 6) is 1.10. The standard InChI is InChI=1S/C21H25BrN2O5/c1-24(2)21(26)14-12-18(27-3)19(28-4)13-16(14)23-20(25)10-7-11-29-17-9-6-5-8-15(17)22/h5-6,8-9,12-13H,7,10-11H2,1-4H3,(H,23,25). The van der Waals surface area contributed by atoms with Crippen LogP contribution in [0.4, 0.5) is 5.69 Å². The van der Waals surface area contributed by atoms with Gasteiger partial charge in [0, 0.05) is 26.6 Å². The van der Waals surface area contributed by atoms with Gasteiger partial charge in [0.15, 0.2) is 11.5 Å². The number of carbonyl (C=O) groups is 2. The summed E-state index contributed by atoms with van der Waals surface area (Å²) in [7, 11) is 6.27. The normalized spacial score (nSPS) is 10.2. The third kappa shape index (κ3) is 6.12. The third-order valence-electron chi connectivity index (χ3n) is 4.08. The quantitative estimate of drug-likeness (QED) is 0.568. The first-order valence-electron chi connectivity index (χ1n) is 9.02. The number of hydrogen-bond acceptors (Lipinski definition) is 5. The molecule has 0 fully saturated rings. The Balaban J connectivity index is 2.04. The van der Waals surface area contributed by atoms with Crippen LogP contribution in [0.2, 0.25) is 0 Å².